The van der Waals surface area contributed by atoms with Gasteiger partial charge in [-0.15, -0.1) is 11.8 Å². The molecule has 1 heterocycles. The van der Waals surface area contributed by atoms with Crippen LogP contribution in [0.1, 0.15) is 29.9 Å². The number of aromatic carboxylic acids is 1. The van der Waals surface area contributed by atoms with Gasteiger partial charge >= 0.3 is 17.6 Å². The van der Waals surface area contributed by atoms with Crippen LogP contribution in [0.15, 0.2) is 9.82 Å². The van der Waals surface area contributed by atoms with Crippen LogP contribution in [0.4, 0.5) is 0 Å². The van der Waals surface area contributed by atoms with Crippen molar-refractivity contribution < 1.29 is 19.4 Å². The lowest BCUT2D eigenvalue weighted by Crippen LogP contribution is -2.28. The molecule has 8 heteroatoms. The van der Waals surface area contributed by atoms with E-state index in [0.29, 0.717) is 0 Å². The highest BCUT2D eigenvalue weighted by molar-refractivity contribution is 7.99. The summed E-state index contributed by atoms with van der Waals surface area (Å²) >= 11 is 1.04. The van der Waals surface area contributed by atoms with E-state index in [1.54, 1.807) is 13.8 Å². The van der Waals surface area contributed by atoms with E-state index in [9.17, 15) is 14.4 Å². The van der Waals surface area contributed by atoms with Crippen LogP contribution in [0.2, 0.25) is 0 Å². The summed E-state index contributed by atoms with van der Waals surface area (Å²) in [4.78, 5) is 40.1. The molecule has 110 valence electrons. The Kier molecular flexibility index (Phi) is 4.93. The van der Waals surface area contributed by atoms with E-state index < -0.39 is 23.0 Å². The van der Waals surface area contributed by atoms with E-state index in [1.165, 1.54) is 14.0 Å². The molecule has 0 aliphatic heterocycles. The average Bonchev–Trinajstić information content (AvgIpc) is 2.33. The second-order valence-electron chi connectivity index (χ2n) is 4.82. The van der Waals surface area contributed by atoms with Crippen LogP contribution < -0.4 is 5.69 Å². The van der Waals surface area contributed by atoms with Crippen molar-refractivity contribution >= 4 is 23.7 Å². The molecule has 0 fully saturated rings. The van der Waals surface area contributed by atoms with Crippen molar-refractivity contribution in [3.63, 3.8) is 0 Å². The van der Waals surface area contributed by atoms with Gasteiger partial charge < -0.3 is 14.8 Å². The molecular weight excluding hydrogens is 284 g/mol. The number of thioether (sulfide) groups is 1. The molecule has 1 aromatic heterocycles. The minimum atomic E-state index is -1.18. The molecule has 0 aromatic carbocycles. The highest BCUT2D eigenvalue weighted by Crippen LogP contribution is 2.29. The van der Waals surface area contributed by atoms with E-state index in [4.69, 9.17) is 5.11 Å². The van der Waals surface area contributed by atoms with Gasteiger partial charge in [-0.25, -0.2) is 9.59 Å². The van der Waals surface area contributed by atoms with E-state index in [-0.39, 0.29) is 22.0 Å². The number of nitrogens with one attached hydrogen (secondary N) is 1. The molecule has 0 aliphatic rings. The van der Waals surface area contributed by atoms with Crippen molar-refractivity contribution in [3.8, 4) is 0 Å². The van der Waals surface area contributed by atoms with Gasteiger partial charge in [-0.2, -0.15) is 4.98 Å². The molecule has 1 aromatic rings. The molecule has 0 radical (unpaired) electrons. The number of H-pyrrole nitrogens is 1. The summed E-state index contributed by atoms with van der Waals surface area (Å²) in [5, 5.41) is 9.25. The number of aryl methyl sites for hydroxylation is 1. The third-order valence-electron chi connectivity index (χ3n) is 2.61. The number of carboxylic acid groups (broad SMARTS) is 1. The fraction of sp³-hybridized carbons (Fsp3) is 0.500. The number of ether oxygens (including phenoxy) is 1. The Morgan fingerprint density at radius 3 is 2.55 bits per heavy atom. The maximum atomic E-state index is 11.6. The minimum Gasteiger partial charge on any atom is -0.478 e. The number of aromatic amines is 1. The summed E-state index contributed by atoms with van der Waals surface area (Å²) < 4.78 is 4.67. The molecule has 0 amide bonds. The van der Waals surface area contributed by atoms with Crippen LogP contribution in [0.3, 0.4) is 0 Å². The summed E-state index contributed by atoms with van der Waals surface area (Å²) in [5.41, 5.74) is -1.26. The van der Waals surface area contributed by atoms with E-state index in [0.717, 1.165) is 11.8 Å². The number of nitrogens with zero attached hydrogens (tertiary/aromatic N) is 1. The van der Waals surface area contributed by atoms with Crippen molar-refractivity contribution in [2.24, 2.45) is 5.41 Å². The largest absolute Gasteiger partial charge is 0.478 e. The monoisotopic (exact) mass is 300 g/mol. The molecule has 0 aliphatic carbocycles. The first-order valence-corrected chi connectivity index (χ1v) is 6.73. The van der Waals surface area contributed by atoms with Gasteiger partial charge in [0, 0.05) is 11.4 Å². The van der Waals surface area contributed by atoms with Crippen LogP contribution in [0.5, 0.6) is 0 Å². The van der Waals surface area contributed by atoms with Crippen molar-refractivity contribution in [3.05, 3.63) is 21.7 Å². The third-order valence-corrected chi connectivity index (χ3v) is 4.04. The van der Waals surface area contributed by atoms with Crippen molar-refractivity contribution in [1.29, 1.82) is 0 Å². The summed E-state index contributed by atoms with van der Waals surface area (Å²) in [6, 6.07) is 0. The maximum absolute atomic E-state index is 11.6. The fourth-order valence-electron chi connectivity index (χ4n) is 1.50. The second kappa shape index (κ2) is 6.08. The lowest BCUT2D eigenvalue weighted by Gasteiger charge is -2.20. The number of carboxylic acids is 1. The number of rotatable bonds is 5. The number of hydrogen-bond donors (Lipinski definition) is 2. The molecule has 0 spiro atoms. The molecule has 0 atom stereocenters. The van der Waals surface area contributed by atoms with Crippen LogP contribution >= 0.6 is 11.8 Å². The van der Waals surface area contributed by atoms with Crippen molar-refractivity contribution in [2.75, 3.05) is 12.9 Å². The summed E-state index contributed by atoms with van der Waals surface area (Å²) in [6.07, 6.45) is 0. The Morgan fingerprint density at radius 2 is 2.05 bits per heavy atom. The van der Waals surface area contributed by atoms with Crippen LogP contribution in [-0.2, 0) is 9.53 Å². The molecule has 0 unspecified atom stereocenters. The average molecular weight is 300 g/mol. The number of carbonyl (C=O) groups is 2. The van der Waals surface area contributed by atoms with Crippen LogP contribution in [0, 0.1) is 12.3 Å². The molecule has 0 bridgehead atoms. The smallest absolute Gasteiger partial charge is 0.346 e. The van der Waals surface area contributed by atoms with E-state index in [2.05, 4.69) is 14.7 Å². The van der Waals surface area contributed by atoms with E-state index >= 15 is 0 Å². The first kappa shape index (κ1) is 16.2. The molecule has 0 saturated heterocycles. The molecule has 20 heavy (non-hydrogen) atoms. The standard InChI is InChI=1S/C12H16N2O5S/c1-6-7(9(15)16)8(14-11(18)13-6)20-5-12(2,3)10(17)19-4/h5H2,1-4H3,(H,15,16)(H,13,14,18). The quantitative estimate of drug-likeness (QED) is 0.475. The Balaban J connectivity index is 3.07. The predicted molar refractivity (Wildman–Crippen MR) is 73.1 cm³/mol. The van der Waals surface area contributed by atoms with Gasteiger partial charge in [0.25, 0.3) is 0 Å². The van der Waals surface area contributed by atoms with Gasteiger partial charge in [-0.1, -0.05) is 0 Å². The molecule has 7 nitrogen and oxygen atoms in total. The Morgan fingerprint density at radius 1 is 1.45 bits per heavy atom. The molecular formula is C12H16N2O5S. The van der Waals surface area contributed by atoms with Gasteiger partial charge in [0.1, 0.15) is 10.6 Å². The number of carbonyl (C=O) groups excluding carboxylic acids is 1. The first-order chi connectivity index (χ1) is 9.19. The first-order valence-electron chi connectivity index (χ1n) is 5.74. The predicted octanol–water partition coefficient (Wildman–Crippen LogP) is 1.07. The number of methoxy groups -OCH3 is 1. The lowest BCUT2D eigenvalue weighted by molar-refractivity contribution is -0.149. The Bertz CT molecular complexity index is 594. The second-order valence-corrected chi connectivity index (χ2v) is 5.78. The lowest BCUT2D eigenvalue weighted by atomic mass is 9.97. The topological polar surface area (TPSA) is 109 Å². The van der Waals surface area contributed by atoms with Gasteiger partial charge in [0.05, 0.1) is 12.5 Å². The highest BCUT2D eigenvalue weighted by Gasteiger charge is 2.30. The summed E-state index contributed by atoms with van der Waals surface area (Å²) in [7, 11) is 1.28. The molecule has 0 saturated carbocycles. The summed E-state index contributed by atoms with van der Waals surface area (Å²) in [5.74, 6) is -1.34. The number of hydrogen-bond acceptors (Lipinski definition) is 6. The number of esters is 1. The SMILES string of the molecule is COC(=O)C(C)(C)CSc1nc(=O)[nH]c(C)c1C(=O)O. The third kappa shape index (κ3) is 3.60. The Hall–Kier alpha value is -1.83. The van der Waals surface area contributed by atoms with Gasteiger partial charge in [-0.05, 0) is 20.8 Å². The molecule has 2 N–H and O–H groups in total. The minimum absolute atomic E-state index is 0.0599. The maximum Gasteiger partial charge on any atom is 0.346 e. The summed E-state index contributed by atoms with van der Waals surface area (Å²) in [6.45, 7) is 4.83. The van der Waals surface area contributed by atoms with Crippen LogP contribution in [-0.4, -0.2) is 39.9 Å². The molecule has 1 rings (SSSR count). The van der Waals surface area contributed by atoms with Gasteiger partial charge in [0.15, 0.2) is 0 Å². The zero-order valence-corrected chi connectivity index (χ0v) is 12.5. The van der Waals surface area contributed by atoms with Gasteiger partial charge in [-0.3, -0.25) is 4.79 Å². The van der Waals surface area contributed by atoms with Crippen molar-refractivity contribution in [2.45, 2.75) is 25.8 Å². The van der Waals surface area contributed by atoms with Crippen molar-refractivity contribution in [1.82, 2.24) is 9.97 Å². The normalized spacial score (nSPS) is 11.2. The Labute approximate surface area is 119 Å². The number of aromatic nitrogens is 2. The van der Waals surface area contributed by atoms with Crippen LogP contribution in [0.25, 0.3) is 0 Å². The zero-order chi connectivity index (χ0) is 15.5. The van der Waals surface area contributed by atoms with Gasteiger partial charge in [0.2, 0.25) is 0 Å². The zero-order valence-electron chi connectivity index (χ0n) is 11.6. The fourth-order valence-corrected chi connectivity index (χ4v) is 2.65. The highest BCUT2D eigenvalue weighted by atomic mass is 32.2. The van der Waals surface area contributed by atoms with E-state index in [1.807, 2.05) is 0 Å².